The highest BCUT2D eigenvalue weighted by Gasteiger charge is 2.08. The standard InChI is InChI=1S/C14H20N4/c1-11(2)9-18-10-16-17-14(18)13-5-3-4-12(8-13)6-7-15/h3-5,8,10-11H,6-7,9,15H2,1-2H3. The Morgan fingerprint density at radius 2 is 2.17 bits per heavy atom. The van der Waals surface area contributed by atoms with Gasteiger partial charge < -0.3 is 10.3 Å². The third-order valence-electron chi connectivity index (χ3n) is 2.80. The lowest BCUT2D eigenvalue weighted by Crippen LogP contribution is -2.06. The van der Waals surface area contributed by atoms with Crippen LogP contribution in [0, 0.1) is 5.92 Å². The summed E-state index contributed by atoms with van der Waals surface area (Å²) in [5, 5.41) is 8.24. The summed E-state index contributed by atoms with van der Waals surface area (Å²) in [5.74, 6) is 1.51. The van der Waals surface area contributed by atoms with Gasteiger partial charge in [0.05, 0.1) is 0 Å². The summed E-state index contributed by atoms with van der Waals surface area (Å²) in [6.07, 6.45) is 2.69. The molecule has 0 saturated heterocycles. The van der Waals surface area contributed by atoms with Crippen LogP contribution in [0.15, 0.2) is 30.6 Å². The van der Waals surface area contributed by atoms with Crippen LogP contribution in [0.5, 0.6) is 0 Å². The van der Waals surface area contributed by atoms with Crippen molar-refractivity contribution in [3.8, 4) is 11.4 Å². The van der Waals surface area contributed by atoms with Gasteiger partial charge in [-0.05, 0) is 30.5 Å². The normalized spacial score (nSPS) is 11.1. The van der Waals surface area contributed by atoms with Crippen molar-refractivity contribution in [2.24, 2.45) is 11.7 Å². The quantitative estimate of drug-likeness (QED) is 0.876. The van der Waals surface area contributed by atoms with E-state index < -0.39 is 0 Å². The molecule has 4 nitrogen and oxygen atoms in total. The lowest BCUT2D eigenvalue weighted by molar-refractivity contribution is 0.525. The second-order valence-electron chi connectivity index (χ2n) is 4.94. The molecule has 0 aliphatic rings. The Morgan fingerprint density at radius 1 is 1.33 bits per heavy atom. The van der Waals surface area contributed by atoms with Crippen molar-refractivity contribution in [3.05, 3.63) is 36.2 Å². The van der Waals surface area contributed by atoms with Crippen LogP contribution >= 0.6 is 0 Å². The monoisotopic (exact) mass is 244 g/mol. The summed E-state index contributed by atoms with van der Waals surface area (Å²) in [5.41, 5.74) is 7.95. The molecule has 1 heterocycles. The molecule has 0 spiro atoms. The molecule has 0 aliphatic heterocycles. The summed E-state index contributed by atoms with van der Waals surface area (Å²) in [6, 6.07) is 8.36. The van der Waals surface area contributed by atoms with Crippen LogP contribution in [0.3, 0.4) is 0 Å². The van der Waals surface area contributed by atoms with Crippen molar-refractivity contribution >= 4 is 0 Å². The summed E-state index contributed by atoms with van der Waals surface area (Å²) in [6.45, 7) is 5.98. The van der Waals surface area contributed by atoms with E-state index in [1.54, 1.807) is 6.33 Å². The Morgan fingerprint density at radius 3 is 2.89 bits per heavy atom. The molecule has 1 aromatic heterocycles. The molecule has 4 heteroatoms. The molecule has 18 heavy (non-hydrogen) atoms. The Bertz CT molecular complexity index is 502. The van der Waals surface area contributed by atoms with Crippen LogP contribution in [0.4, 0.5) is 0 Å². The zero-order valence-corrected chi connectivity index (χ0v) is 11.0. The number of aromatic nitrogens is 3. The van der Waals surface area contributed by atoms with Gasteiger partial charge in [-0.2, -0.15) is 0 Å². The van der Waals surface area contributed by atoms with Crippen LogP contribution in [0.2, 0.25) is 0 Å². The second-order valence-corrected chi connectivity index (χ2v) is 4.94. The first kappa shape index (κ1) is 12.8. The van der Waals surface area contributed by atoms with Gasteiger partial charge in [-0.3, -0.25) is 0 Å². The fourth-order valence-corrected chi connectivity index (χ4v) is 2.04. The molecule has 2 aromatic rings. The van der Waals surface area contributed by atoms with Gasteiger partial charge >= 0.3 is 0 Å². The average molecular weight is 244 g/mol. The molecule has 0 aliphatic carbocycles. The van der Waals surface area contributed by atoms with Crippen molar-refractivity contribution in [2.75, 3.05) is 6.54 Å². The SMILES string of the molecule is CC(C)Cn1cnnc1-c1cccc(CCN)c1. The third kappa shape index (κ3) is 2.96. The summed E-state index contributed by atoms with van der Waals surface area (Å²) >= 11 is 0. The van der Waals surface area contributed by atoms with Crippen molar-refractivity contribution in [1.29, 1.82) is 0 Å². The molecule has 2 N–H and O–H groups in total. The first-order chi connectivity index (χ1) is 8.70. The highest BCUT2D eigenvalue weighted by Crippen LogP contribution is 2.19. The second kappa shape index (κ2) is 5.78. The van der Waals surface area contributed by atoms with E-state index in [9.17, 15) is 0 Å². The van der Waals surface area contributed by atoms with Crippen molar-refractivity contribution < 1.29 is 0 Å². The predicted octanol–water partition coefficient (Wildman–Crippen LogP) is 2.10. The lowest BCUT2D eigenvalue weighted by Gasteiger charge is -2.09. The van der Waals surface area contributed by atoms with Crippen molar-refractivity contribution in [2.45, 2.75) is 26.8 Å². The number of benzene rings is 1. The molecule has 0 radical (unpaired) electrons. The minimum absolute atomic E-state index is 0.576. The predicted molar refractivity (Wildman–Crippen MR) is 73.1 cm³/mol. The molecule has 1 aromatic carbocycles. The largest absolute Gasteiger partial charge is 0.330 e. The van der Waals surface area contributed by atoms with E-state index in [0.29, 0.717) is 12.5 Å². The van der Waals surface area contributed by atoms with Crippen molar-refractivity contribution in [1.82, 2.24) is 14.8 Å². The summed E-state index contributed by atoms with van der Waals surface area (Å²) in [4.78, 5) is 0. The summed E-state index contributed by atoms with van der Waals surface area (Å²) in [7, 11) is 0. The number of nitrogens with two attached hydrogens (primary N) is 1. The minimum Gasteiger partial charge on any atom is -0.330 e. The lowest BCUT2D eigenvalue weighted by atomic mass is 10.1. The molecule has 96 valence electrons. The van der Waals surface area contributed by atoms with Gasteiger partial charge in [-0.15, -0.1) is 10.2 Å². The van der Waals surface area contributed by atoms with E-state index in [0.717, 1.165) is 24.4 Å². The maximum absolute atomic E-state index is 5.59. The van der Waals surface area contributed by atoms with E-state index in [2.05, 4.69) is 52.9 Å². The average Bonchev–Trinajstić information content (AvgIpc) is 2.77. The summed E-state index contributed by atoms with van der Waals surface area (Å²) < 4.78 is 2.10. The van der Waals surface area contributed by atoms with Gasteiger partial charge in [0.15, 0.2) is 5.82 Å². The van der Waals surface area contributed by atoms with E-state index in [-0.39, 0.29) is 0 Å². The van der Waals surface area contributed by atoms with Gasteiger partial charge in [0, 0.05) is 12.1 Å². The smallest absolute Gasteiger partial charge is 0.163 e. The Labute approximate surface area is 108 Å². The maximum Gasteiger partial charge on any atom is 0.163 e. The van der Waals surface area contributed by atoms with E-state index in [1.807, 2.05) is 0 Å². The first-order valence-electron chi connectivity index (χ1n) is 6.38. The number of hydrogen-bond donors (Lipinski definition) is 1. The Kier molecular flexibility index (Phi) is 4.10. The molecule has 2 rings (SSSR count). The fraction of sp³-hybridized carbons (Fsp3) is 0.429. The van der Waals surface area contributed by atoms with E-state index in [4.69, 9.17) is 5.73 Å². The highest BCUT2D eigenvalue weighted by atomic mass is 15.3. The molecule has 0 amide bonds. The van der Waals surface area contributed by atoms with Crippen LogP contribution < -0.4 is 5.73 Å². The van der Waals surface area contributed by atoms with Gasteiger partial charge in [0.2, 0.25) is 0 Å². The number of rotatable bonds is 5. The third-order valence-corrected chi connectivity index (χ3v) is 2.80. The zero-order chi connectivity index (χ0) is 13.0. The Hall–Kier alpha value is -1.68. The van der Waals surface area contributed by atoms with Gasteiger partial charge in [-0.25, -0.2) is 0 Å². The van der Waals surface area contributed by atoms with Crippen LogP contribution in [0.25, 0.3) is 11.4 Å². The van der Waals surface area contributed by atoms with Crippen molar-refractivity contribution in [3.63, 3.8) is 0 Å². The maximum atomic E-state index is 5.59. The molecular weight excluding hydrogens is 224 g/mol. The number of hydrogen-bond acceptors (Lipinski definition) is 3. The molecule has 0 saturated carbocycles. The zero-order valence-electron chi connectivity index (χ0n) is 11.0. The minimum atomic E-state index is 0.576. The van der Waals surface area contributed by atoms with Gasteiger partial charge in [0.25, 0.3) is 0 Å². The molecular formula is C14H20N4. The van der Waals surface area contributed by atoms with E-state index in [1.165, 1.54) is 5.56 Å². The van der Waals surface area contributed by atoms with E-state index >= 15 is 0 Å². The molecule has 0 unspecified atom stereocenters. The Balaban J connectivity index is 2.30. The van der Waals surface area contributed by atoms with Crippen LogP contribution in [0.1, 0.15) is 19.4 Å². The van der Waals surface area contributed by atoms with Gasteiger partial charge in [-0.1, -0.05) is 32.0 Å². The van der Waals surface area contributed by atoms with Gasteiger partial charge in [0.1, 0.15) is 6.33 Å². The molecule has 0 fully saturated rings. The number of nitrogens with zero attached hydrogens (tertiary/aromatic N) is 3. The van der Waals surface area contributed by atoms with Crippen LogP contribution in [-0.2, 0) is 13.0 Å². The van der Waals surface area contributed by atoms with Crippen LogP contribution in [-0.4, -0.2) is 21.3 Å². The topological polar surface area (TPSA) is 56.7 Å². The highest BCUT2D eigenvalue weighted by molar-refractivity contribution is 5.56. The molecule has 0 atom stereocenters. The molecule has 0 bridgehead atoms. The first-order valence-corrected chi connectivity index (χ1v) is 6.38. The fourth-order valence-electron chi connectivity index (χ4n) is 2.04.